The molecule has 0 saturated carbocycles. The minimum Gasteiger partial charge on any atom is -0.507 e. The molecule has 26 heavy (non-hydrogen) atoms. The lowest BCUT2D eigenvalue weighted by molar-refractivity contribution is -0.921. The van der Waals surface area contributed by atoms with Crippen molar-refractivity contribution in [3.8, 4) is 11.5 Å². The minimum atomic E-state index is -0.378. The van der Waals surface area contributed by atoms with E-state index in [4.69, 9.17) is 9.47 Å². The van der Waals surface area contributed by atoms with Gasteiger partial charge in [0.15, 0.2) is 11.5 Å². The summed E-state index contributed by atoms with van der Waals surface area (Å²) in [6.45, 7) is 3.58. The molecule has 134 valence electrons. The van der Waals surface area contributed by atoms with E-state index >= 15 is 0 Å². The number of carbonyl (C=O) groups is 1. The average Bonchev–Trinajstić information content (AvgIpc) is 2.95. The number of hydrogen-bond donors (Lipinski definition) is 2. The number of fused-ring (bicyclic) bond motifs is 1. The highest BCUT2D eigenvalue weighted by Crippen LogP contribution is 2.39. The highest BCUT2D eigenvalue weighted by atomic mass is 19.1. The molecule has 2 N–H and O–H groups in total. The van der Waals surface area contributed by atoms with Gasteiger partial charge >= 0.3 is 0 Å². The highest BCUT2D eigenvalue weighted by Gasteiger charge is 2.32. The third-order valence-electron chi connectivity index (χ3n) is 4.69. The molecule has 5 nitrogen and oxygen atoms in total. The number of hydrogen-bond acceptors (Lipinski definition) is 4. The van der Waals surface area contributed by atoms with Crippen molar-refractivity contribution < 1.29 is 28.7 Å². The number of allylic oxidation sites excluding steroid dienone is 1. The molecule has 2 heterocycles. The van der Waals surface area contributed by atoms with Crippen LogP contribution in [0.4, 0.5) is 4.39 Å². The third kappa shape index (κ3) is 3.21. The van der Waals surface area contributed by atoms with Crippen LogP contribution in [0.2, 0.25) is 0 Å². The van der Waals surface area contributed by atoms with E-state index in [2.05, 4.69) is 0 Å². The third-order valence-corrected chi connectivity index (χ3v) is 4.69. The molecule has 2 aliphatic heterocycles. The molecule has 0 radical (unpaired) electrons. The van der Waals surface area contributed by atoms with Crippen LogP contribution in [-0.4, -0.2) is 37.2 Å². The molecule has 2 aliphatic rings. The Hall–Kier alpha value is -2.70. The normalized spacial score (nSPS) is 18.8. The zero-order valence-electron chi connectivity index (χ0n) is 14.1. The second-order valence-corrected chi connectivity index (χ2v) is 6.47. The number of quaternary nitrogens is 1. The lowest BCUT2D eigenvalue weighted by Gasteiger charge is -2.24. The van der Waals surface area contributed by atoms with Gasteiger partial charge in [-0.2, -0.15) is 0 Å². The summed E-state index contributed by atoms with van der Waals surface area (Å²) in [7, 11) is 0. The Morgan fingerprint density at radius 2 is 2.00 bits per heavy atom. The van der Waals surface area contributed by atoms with Gasteiger partial charge in [-0.15, -0.1) is 0 Å². The molecule has 2 aromatic carbocycles. The maximum Gasteiger partial charge on any atom is 0.231 e. The van der Waals surface area contributed by atoms with Gasteiger partial charge in [0.05, 0.1) is 24.3 Å². The summed E-state index contributed by atoms with van der Waals surface area (Å²) in [5.41, 5.74) is 1.59. The average molecular weight is 356 g/mol. The molecule has 4 rings (SSSR count). The van der Waals surface area contributed by atoms with Crippen molar-refractivity contribution in [2.24, 2.45) is 0 Å². The zero-order valence-corrected chi connectivity index (χ0v) is 14.1. The first kappa shape index (κ1) is 16.8. The molecular weight excluding hydrogens is 337 g/mol. The maximum absolute atomic E-state index is 13.4. The van der Waals surface area contributed by atoms with E-state index in [0.29, 0.717) is 42.2 Å². The lowest BCUT2D eigenvalue weighted by Crippen LogP contribution is -3.12. The number of phenolic OH excluding ortho intramolecular Hbond substituents is 1. The molecule has 0 atom stereocenters. The van der Waals surface area contributed by atoms with E-state index in [1.165, 1.54) is 29.2 Å². The number of phenols is 1. The smallest absolute Gasteiger partial charge is 0.231 e. The standard InChI is InChI=1S/C20H18FNO4/c21-14-3-1-2-13(10-14)11-18-19(24)15-4-5-17(23)16(20(15)26-18)12-22-6-8-25-9-7-22/h1-5,10-11,23H,6-9,12H2/p+1/b18-11+. The summed E-state index contributed by atoms with van der Waals surface area (Å²) in [4.78, 5) is 13.9. The molecule has 0 amide bonds. The maximum atomic E-state index is 13.4. The Labute approximate surface area is 150 Å². The summed E-state index contributed by atoms with van der Waals surface area (Å²) in [5, 5.41) is 10.3. The van der Waals surface area contributed by atoms with E-state index in [1.54, 1.807) is 18.2 Å². The molecular formula is C20H19FNO4+. The van der Waals surface area contributed by atoms with Gasteiger partial charge in [-0.05, 0) is 35.9 Å². The summed E-state index contributed by atoms with van der Waals surface area (Å²) in [6, 6.07) is 9.05. The van der Waals surface area contributed by atoms with E-state index < -0.39 is 0 Å². The number of morpholine rings is 1. The number of aromatic hydroxyl groups is 1. The number of ketones is 1. The molecule has 6 heteroatoms. The largest absolute Gasteiger partial charge is 0.507 e. The second-order valence-electron chi connectivity index (χ2n) is 6.47. The van der Waals surface area contributed by atoms with Crippen LogP contribution in [0.25, 0.3) is 6.08 Å². The Morgan fingerprint density at radius 3 is 2.77 bits per heavy atom. The summed E-state index contributed by atoms with van der Waals surface area (Å²) >= 11 is 0. The highest BCUT2D eigenvalue weighted by molar-refractivity contribution is 6.14. The van der Waals surface area contributed by atoms with Crippen LogP contribution < -0.4 is 9.64 Å². The molecule has 0 bridgehead atoms. The van der Waals surface area contributed by atoms with Crippen LogP contribution in [0.1, 0.15) is 21.5 Å². The molecule has 0 spiro atoms. The minimum absolute atomic E-state index is 0.113. The number of ether oxygens (including phenoxy) is 2. The van der Waals surface area contributed by atoms with Gasteiger partial charge < -0.3 is 19.5 Å². The van der Waals surface area contributed by atoms with Crippen molar-refractivity contribution in [1.82, 2.24) is 0 Å². The summed E-state index contributed by atoms with van der Waals surface area (Å²) in [5.74, 6) is 0.00710. The predicted molar refractivity (Wildman–Crippen MR) is 92.7 cm³/mol. The van der Waals surface area contributed by atoms with Crippen LogP contribution in [0.3, 0.4) is 0 Å². The van der Waals surface area contributed by atoms with Gasteiger partial charge in [0.2, 0.25) is 5.78 Å². The van der Waals surface area contributed by atoms with Gasteiger partial charge in [-0.1, -0.05) is 12.1 Å². The monoisotopic (exact) mass is 356 g/mol. The topological polar surface area (TPSA) is 60.2 Å². The summed E-state index contributed by atoms with van der Waals surface area (Å²) < 4.78 is 24.5. The fourth-order valence-corrected chi connectivity index (χ4v) is 3.30. The quantitative estimate of drug-likeness (QED) is 0.820. The van der Waals surface area contributed by atoms with Crippen molar-refractivity contribution in [2.75, 3.05) is 26.3 Å². The van der Waals surface area contributed by atoms with Crippen molar-refractivity contribution in [2.45, 2.75) is 6.54 Å². The van der Waals surface area contributed by atoms with E-state index in [0.717, 1.165) is 13.1 Å². The van der Waals surface area contributed by atoms with Crippen LogP contribution >= 0.6 is 0 Å². The number of carbonyl (C=O) groups excluding carboxylic acids is 1. The predicted octanol–water partition coefficient (Wildman–Crippen LogP) is 1.56. The van der Waals surface area contributed by atoms with Crippen molar-refractivity contribution >= 4 is 11.9 Å². The van der Waals surface area contributed by atoms with Gasteiger partial charge in [-0.3, -0.25) is 4.79 Å². The molecule has 1 fully saturated rings. The van der Waals surface area contributed by atoms with Gasteiger partial charge in [0.1, 0.15) is 31.2 Å². The molecule has 0 unspecified atom stereocenters. The molecule has 0 aromatic heterocycles. The van der Waals surface area contributed by atoms with Gasteiger partial charge in [-0.25, -0.2) is 4.39 Å². The van der Waals surface area contributed by atoms with Gasteiger partial charge in [0.25, 0.3) is 0 Å². The zero-order chi connectivity index (χ0) is 18.1. The number of nitrogens with one attached hydrogen (secondary N) is 1. The SMILES string of the molecule is O=C1/C(=C\c2cccc(F)c2)Oc2c1ccc(O)c2C[NH+]1CCOCC1. The number of halogens is 1. The summed E-state index contributed by atoms with van der Waals surface area (Å²) in [6.07, 6.45) is 1.52. The Morgan fingerprint density at radius 1 is 1.19 bits per heavy atom. The van der Waals surface area contributed by atoms with Crippen LogP contribution in [0.15, 0.2) is 42.2 Å². The fraction of sp³-hybridized carbons (Fsp3) is 0.250. The van der Waals surface area contributed by atoms with E-state index in [1.807, 2.05) is 0 Å². The Bertz CT molecular complexity index is 887. The van der Waals surface area contributed by atoms with Gasteiger partial charge in [0, 0.05) is 0 Å². The van der Waals surface area contributed by atoms with Crippen LogP contribution in [0.5, 0.6) is 11.5 Å². The van der Waals surface area contributed by atoms with E-state index in [9.17, 15) is 14.3 Å². The number of rotatable bonds is 3. The van der Waals surface area contributed by atoms with E-state index in [-0.39, 0.29) is 23.1 Å². The first-order valence-corrected chi connectivity index (χ1v) is 8.58. The lowest BCUT2D eigenvalue weighted by atomic mass is 10.0. The Balaban J connectivity index is 1.66. The van der Waals surface area contributed by atoms with Crippen LogP contribution in [0, 0.1) is 5.82 Å². The number of Topliss-reactive ketones (excluding diaryl/α,β-unsaturated/α-hetero) is 1. The molecule has 0 aliphatic carbocycles. The van der Waals surface area contributed by atoms with Crippen molar-refractivity contribution in [3.05, 3.63) is 64.7 Å². The first-order valence-electron chi connectivity index (χ1n) is 8.58. The second kappa shape index (κ2) is 6.90. The molecule has 2 aromatic rings. The Kier molecular flexibility index (Phi) is 4.44. The molecule has 1 saturated heterocycles. The van der Waals surface area contributed by atoms with Crippen molar-refractivity contribution in [3.63, 3.8) is 0 Å². The van der Waals surface area contributed by atoms with Crippen LogP contribution in [-0.2, 0) is 11.3 Å². The fourth-order valence-electron chi connectivity index (χ4n) is 3.30. The van der Waals surface area contributed by atoms with Crippen molar-refractivity contribution in [1.29, 1.82) is 0 Å². The first-order chi connectivity index (χ1) is 12.6. The number of benzene rings is 2.